The molecule has 0 saturated carbocycles. The zero-order chi connectivity index (χ0) is 19.7. The Balaban J connectivity index is 1.73. The summed E-state index contributed by atoms with van der Waals surface area (Å²) in [5.41, 5.74) is 0.907. The zero-order valence-electron chi connectivity index (χ0n) is 15.1. The Morgan fingerprint density at radius 1 is 1.07 bits per heavy atom. The molecule has 3 aromatic rings. The van der Waals surface area contributed by atoms with Crippen molar-refractivity contribution in [3.63, 3.8) is 0 Å². The van der Waals surface area contributed by atoms with Crippen LogP contribution < -0.4 is 5.43 Å². The summed E-state index contributed by atoms with van der Waals surface area (Å²) in [6, 6.07) is 16.8. The average molecular weight is 397 g/mol. The molecule has 0 aliphatic carbocycles. The predicted octanol–water partition coefficient (Wildman–Crippen LogP) is 2.62. The van der Waals surface area contributed by atoms with E-state index in [4.69, 9.17) is 4.42 Å². The minimum Gasteiger partial charge on any atom is -0.451 e. The Labute approximate surface area is 162 Å². The smallest absolute Gasteiger partial charge is 0.290 e. The van der Waals surface area contributed by atoms with Crippen molar-refractivity contribution in [2.24, 2.45) is 0 Å². The molecule has 1 aliphatic rings. The third kappa shape index (κ3) is 3.71. The van der Waals surface area contributed by atoms with Crippen molar-refractivity contribution in [1.82, 2.24) is 4.90 Å². The topological polar surface area (TPSA) is 84.7 Å². The van der Waals surface area contributed by atoms with E-state index in [9.17, 15) is 18.0 Å². The highest BCUT2D eigenvalue weighted by atomic mass is 32.2. The lowest BCUT2D eigenvalue weighted by Gasteiger charge is -2.28. The molecule has 0 radical (unpaired) electrons. The maximum absolute atomic E-state index is 13.2. The largest absolute Gasteiger partial charge is 0.451 e. The Morgan fingerprint density at radius 2 is 1.79 bits per heavy atom. The Hall–Kier alpha value is -2.93. The molecule has 1 fully saturated rings. The molecule has 0 spiro atoms. The fourth-order valence-corrected chi connectivity index (χ4v) is 5.25. The van der Waals surface area contributed by atoms with Crippen molar-refractivity contribution in [1.29, 1.82) is 0 Å². The molecule has 6 nitrogen and oxygen atoms in total. The number of benzene rings is 2. The van der Waals surface area contributed by atoms with Crippen molar-refractivity contribution >= 4 is 26.7 Å². The van der Waals surface area contributed by atoms with Crippen LogP contribution in [0.25, 0.3) is 11.0 Å². The minimum absolute atomic E-state index is 0.0535. The number of rotatable bonds is 4. The Morgan fingerprint density at radius 3 is 2.50 bits per heavy atom. The predicted molar refractivity (Wildman–Crippen MR) is 106 cm³/mol. The molecular formula is C21H19NO5S. The van der Waals surface area contributed by atoms with Crippen LogP contribution in [0.5, 0.6) is 0 Å². The summed E-state index contributed by atoms with van der Waals surface area (Å²) in [5.74, 6) is -0.584. The van der Waals surface area contributed by atoms with Crippen LogP contribution in [0.4, 0.5) is 0 Å². The van der Waals surface area contributed by atoms with Gasteiger partial charge in [0.25, 0.3) is 5.91 Å². The van der Waals surface area contributed by atoms with Gasteiger partial charge in [-0.05, 0) is 24.1 Å². The van der Waals surface area contributed by atoms with Gasteiger partial charge in [0.1, 0.15) is 5.58 Å². The molecule has 2 heterocycles. The van der Waals surface area contributed by atoms with Gasteiger partial charge in [-0.15, -0.1) is 0 Å². The normalized spacial score (nSPS) is 18.2. The molecule has 0 N–H and O–H groups in total. The van der Waals surface area contributed by atoms with E-state index < -0.39 is 21.8 Å². The number of hydrogen-bond donors (Lipinski definition) is 0. The van der Waals surface area contributed by atoms with Crippen LogP contribution in [0.3, 0.4) is 0 Å². The molecule has 0 unspecified atom stereocenters. The van der Waals surface area contributed by atoms with Crippen molar-refractivity contribution in [3.8, 4) is 0 Å². The number of hydrogen-bond acceptors (Lipinski definition) is 5. The molecule has 144 valence electrons. The van der Waals surface area contributed by atoms with Gasteiger partial charge in [-0.25, -0.2) is 8.42 Å². The van der Waals surface area contributed by atoms with E-state index in [0.717, 1.165) is 5.56 Å². The van der Waals surface area contributed by atoms with Gasteiger partial charge in [-0.3, -0.25) is 9.59 Å². The molecule has 4 rings (SSSR count). The number of sulfone groups is 1. The number of para-hydroxylation sites is 1. The standard InChI is InChI=1S/C21H19NO5S/c23-18-12-20(27-19-9-5-4-8-17(18)19)21(24)22(13-15-6-2-1-3-7-15)16-10-11-28(25,26)14-16/h1-9,12,16H,10-11,13-14H2/t16-/m0/s1. The van der Waals surface area contributed by atoms with E-state index in [1.807, 2.05) is 30.3 Å². The van der Waals surface area contributed by atoms with Crippen LogP contribution in [-0.4, -0.2) is 36.8 Å². The van der Waals surface area contributed by atoms with E-state index in [-0.39, 0.29) is 29.2 Å². The molecule has 0 bridgehead atoms. The summed E-state index contributed by atoms with van der Waals surface area (Å²) in [6.07, 6.45) is 0.374. The molecule has 2 aromatic carbocycles. The highest BCUT2D eigenvalue weighted by Gasteiger charge is 2.36. The lowest BCUT2D eigenvalue weighted by molar-refractivity contribution is 0.0648. The third-order valence-electron chi connectivity index (χ3n) is 4.95. The molecule has 1 amide bonds. The van der Waals surface area contributed by atoms with Gasteiger partial charge in [0.05, 0.1) is 16.9 Å². The van der Waals surface area contributed by atoms with Crippen LogP contribution in [0, 0.1) is 0 Å². The van der Waals surface area contributed by atoms with Crippen LogP contribution in [-0.2, 0) is 16.4 Å². The first kappa shape index (κ1) is 18.4. The summed E-state index contributed by atoms with van der Waals surface area (Å²) in [5, 5.41) is 0.400. The lowest BCUT2D eigenvalue weighted by atomic mass is 10.1. The average Bonchev–Trinajstić information content (AvgIpc) is 3.06. The number of nitrogens with zero attached hydrogens (tertiary/aromatic N) is 1. The quantitative estimate of drug-likeness (QED) is 0.676. The maximum atomic E-state index is 13.2. The minimum atomic E-state index is -3.18. The van der Waals surface area contributed by atoms with Gasteiger partial charge in [-0.2, -0.15) is 0 Å². The first-order valence-electron chi connectivity index (χ1n) is 9.01. The van der Waals surface area contributed by atoms with Crippen LogP contribution >= 0.6 is 0 Å². The summed E-state index contributed by atoms with van der Waals surface area (Å²) in [6.45, 7) is 0.246. The number of carbonyl (C=O) groups excluding carboxylic acids is 1. The number of amides is 1. The fourth-order valence-electron chi connectivity index (χ4n) is 3.52. The SMILES string of the molecule is O=C(c1cc(=O)c2ccccc2o1)N(Cc1ccccc1)[C@H]1CCS(=O)(=O)C1. The summed E-state index contributed by atoms with van der Waals surface area (Å²) in [4.78, 5) is 27.1. The van der Waals surface area contributed by atoms with E-state index in [1.54, 1.807) is 24.3 Å². The Kier molecular flexibility index (Phi) is 4.77. The summed E-state index contributed by atoms with van der Waals surface area (Å²) in [7, 11) is -3.18. The van der Waals surface area contributed by atoms with E-state index >= 15 is 0 Å². The van der Waals surface area contributed by atoms with E-state index in [0.29, 0.717) is 17.4 Å². The van der Waals surface area contributed by atoms with Crippen LogP contribution in [0.1, 0.15) is 22.5 Å². The van der Waals surface area contributed by atoms with Crippen molar-refractivity contribution in [3.05, 3.63) is 82.2 Å². The van der Waals surface area contributed by atoms with Gasteiger partial charge < -0.3 is 9.32 Å². The van der Waals surface area contributed by atoms with Gasteiger partial charge in [-0.1, -0.05) is 42.5 Å². The molecule has 1 aromatic heterocycles. The second-order valence-corrected chi connectivity index (χ2v) is 9.18. The maximum Gasteiger partial charge on any atom is 0.290 e. The molecule has 28 heavy (non-hydrogen) atoms. The summed E-state index contributed by atoms with van der Waals surface area (Å²) >= 11 is 0. The van der Waals surface area contributed by atoms with Crippen molar-refractivity contribution in [2.75, 3.05) is 11.5 Å². The highest BCUT2D eigenvalue weighted by Crippen LogP contribution is 2.23. The van der Waals surface area contributed by atoms with E-state index in [1.165, 1.54) is 11.0 Å². The molecule has 1 aliphatic heterocycles. The first-order valence-corrected chi connectivity index (χ1v) is 10.8. The second kappa shape index (κ2) is 7.24. The molecule has 7 heteroatoms. The highest BCUT2D eigenvalue weighted by molar-refractivity contribution is 7.91. The number of fused-ring (bicyclic) bond motifs is 1. The monoisotopic (exact) mass is 397 g/mol. The van der Waals surface area contributed by atoms with Crippen LogP contribution in [0.2, 0.25) is 0 Å². The number of carbonyl (C=O) groups is 1. The van der Waals surface area contributed by atoms with Crippen LogP contribution in [0.15, 0.2) is 69.9 Å². The molecule has 1 saturated heterocycles. The summed E-state index contributed by atoms with van der Waals surface area (Å²) < 4.78 is 29.6. The van der Waals surface area contributed by atoms with Gasteiger partial charge in [0.15, 0.2) is 21.0 Å². The fraction of sp³-hybridized carbons (Fsp3) is 0.238. The lowest BCUT2D eigenvalue weighted by Crippen LogP contribution is -2.40. The van der Waals surface area contributed by atoms with Gasteiger partial charge >= 0.3 is 0 Å². The molecule has 1 atom stereocenters. The molecular weight excluding hydrogens is 378 g/mol. The second-order valence-electron chi connectivity index (χ2n) is 6.95. The third-order valence-corrected chi connectivity index (χ3v) is 6.70. The van der Waals surface area contributed by atoms with Gasteiger partial charge in [0.2, 0.25) is 0 Å². The van der Waals surface area contributed by atoms with Crippen molar-refractivity contribution < 1.29 is 17.6 Å². The zero-order valence-corrected chi connectivity index (χ0v) is 15.9. The van der Waals surface area contributed by atoms with Crippen molar-refractivity contribution in [2.45, 2.75) is 19.0 Å². The first-order chi connectivity index (χ1) is 13.4. The van der Waals surface area contributed by atoms with Gasteiger partial charge in [0, 0.05) is 18.7 Å². The Bertz CT molecular complexity index is 1180. The van der Waals surface area contributed by atoms with E-state index in [2.05, 4.69) is 0 Å².